The molecule has 0 aromatic heterocycles. The summed E-state index contributed by atoms with van der Waals surface area (Å²) in [6, 6.07) is 9.34. The van der Waals surface area contributed by atoms with Crippen LogP contribution in [-0.4, -0.2) is 38.5 Å². The predicted molar refractivity (Wildman–Crippen MR) is 76.0 cm³/mol. The van der Waals surface area contributed by atoms with Gasteiger partial charge in [0.25, 0.3) is 0 Å². The van der Waals surface area contributed by atoms with E-state index in [0.717, 1.165) is 5.56 Å². The number of rotatable bonds is 5. The number of carbonyl (C=O) groups is 1. The van der Waals surface area contributed by atoms with E-state index in [9.17, 15) is 13.2 Å². The van der Waals surface area contributed by atoms with Gasteiger partial charge in [-0.3, -0.25) is 4.79 Å². The molecule has 1 saturated heterocycles. The summed E-state index contributed by atoms with van der Waals surface area (Å²) in [5, 5.41) is 2.94. The van der Waals surface area contributed by atoms with E-state index in [2.05, 4.69) is 5.32 Å². The lowest BCUT2D eigenvalue weighted by Crippen LogP contribution is -2.35. The number of hydrogen-bond acceptors (Lipinski definition) is 5. The minimum atomic E-state index is -2.92. The van der Waals surface area contributed by atoms with Gasteiger partial charge in [-0.25, -0.2) is 8.42 Å². The normalized spacial score (nSPS) is 22.4. The molecule has 2 atom stereocenters. The molecule has 1 aliphatic rings. The van der Waals surface area contributed by atoms with Crippen LogP contribution in [0, 0.1) is 0 Å². The Balaban J connectivity index is 1.76. The highest BCUT2D eigenvalue weighted by Crippen LogP contribution is 2.16. The molecule has 1 N–H and O–H groups in total. The van der Waals surface area contributed by atoms with Gasteiger partial charge < -0.3 is 10.1 Å². The van der Waals surface area contributed by atoms with E-state index in [4.69, 9.17) is 4.74 Å². The maximum absolute atomic E-state index is 11.7. The van der Waals surface area contributed by atoms with Gasteiger partial charge in [0.2, 0.25) is 0 Å². The van der Waals surface area contributed by atoms with Crippen molar-refractivity contribution in [3.63, 3.8) is 0 Å². The van der Waals surface area contributed by atoms with E-state index in [1.807, 2.05) is 37.3 Å². The lowest BCUT2D eigenvalue weighted by atomic mass is 10.1. The third kappa shape index (κ3) is 4.31. The number of nitrogens with one attached hydrogen (secondary N) is 1. The molecule has 0 bridgehead atoms. The topological polar surface area (TPSA) is 72.5 Å². The van der Waals surface area contributed by atoms with Gasteiger partial charge in [0.15, 0.2) is 9.84 Å². The zero-order valence-electron chi connectivity index (χ0n) is 11.4. The van der Waals surface area contributed by atoms with Crippen molar-refractivity contribution in [2.45, 2.75) is 25.5 Å². The first-order valence-corrected chi connectivity index (χ1v) is 8.46. The summed E-state index contributed by atoms with van der Waals surface area (Å²) in [5.74, 6) is -0.0695. The van der Waals surface area contributed by atoms with Crippen molar-refractivity contribution < 1.29 is 17.9 Å². The summed E-state index contributed by atoms with van der Waals surface area (Å²) in [4.78, 5) is 11.7. The largest absolute Gasteiger partial charge is 0.457 e. The van der Waals surface area contributed by atoms with Crippen LogP contribution in [0.1, 0.15) is 25.0 Å². The van der Waals surface area contributed by atoms with Crippen molar-refractivity contribution in [1.82, 2.24) is 5.32 Å². The Morgan fingerprint density at radius 2 is 2.10 bits per heavy atom. The number of esters is 1. The minimum Gasteiger partial charge on any atom is -0.457 e. The quantitative estimate of drug-likeness (QED) is 0.823. The molecule has 1 aliphatic heterocycles. The van der Waals surface area contributed by atoms with Gasteiger partial charge in [0, 0.05) is 6.04 Å². The van der Waals surface area contributed by atoms with Gasteiger partial charge in [-0.05, 0) is 18.9 Å². The maximum Gasteiger partial charge on any atom is 0.320 e. The summed E-state index contributed by atoms with van der Waals surface area (Å²) in [7, 11) is -2.92. The van der Waals surface area contributed by atoms with Gasteiger partial charge in [0.1, 0.15) is 6.10 Å². The predicted octanol–water partition coefficient (Wildman–Crippen LogP) is 1.07. The number of ether oxygens (including phenoxy) is 1. The monoisotopic (exact) mass is 297 g/mol. The average Bonchev–Trinajstić information content (AvgIpc) is 2.77. The molecule has 0 saturated carbocycles. The number of sulfone groups is 1. The molecular weight excluding hydrogens is 278 g/mol. The summed E-state index contributed by atoms with van der Waals surface area (Å²) < 4.78 is 27.9. The Kier molecular flexibility index (Phi) is 4.77. The maximum atomic E-state index is 11.7. The van der Waals surface area contributed by atoms with Crippen molar-refractivity contribution in [3.8, 4) is 0 Å². The fourth-order valence-corrected chi connectivity index (χ4v) is 3.92. The van der Waals surface area contributed by atoms with Crippen molar-refractivity contribution in [2.24, 2.45) is 0 Å². The number of carbonyl (C=O) groups excluding carboxylic acids is 1. The lowest BCUT2D eigenvalue weighted by molar-refractivity contribution is -0.147. The first-order chi connectivity index (χ1) is 9.46. The molecule has 110 valence electrons. The van der Waals surface area contributed by atoms with Gasteiger partial charge in [0.05, 0.1) is 18.1 Å². The van der Waals surface area contributed by atoms with Crippen LogP contribution in [0.25, 0.3) is 0 Å². The molecule has 2 unspecified atom stereocenters. The highest BCUT2D eigenvalue weighted by Gasteiger charge is 2.28. The fourth-order valence-electron chi connectivity index (χ4n) is 2.21. The van der Waals surface area contributed by atoms with Crippen molar-refractivity contribution in [3.05, 3.63) is 35.9 Å². The summed E-state index contributed by atoms with van der Waals surface area (Å²) >= 11 is 0. The second kappa shape index (κ2) is 6.37. The van der Waals surface area contributed by atoms with Crippen LogP contribution in [0.3, 0.4) is 0 Å². The second-order valence-electron chi connectivity index (χ2n) is 5.02. The standard InChI is InChI=1S/C14H19NO4S/c1-11(12-5-3-2-4-6-12)19-14(16)9-15-13-7-8-20(17,18)10-13/h2-6,11,13,15H,7-10H2,1H3. The fraction of sp³-hybridized carbons (Fsp3) is 0.500. The van der Waals surface area contributed by atoms with Crippen molar-refractivity contribution in [1.29, 1.82) is 0 Å². The SMILES string of the molecule is CC(OC(=O)CNC1CCS(=O)(=O)C1)c1ccccc1. The third-order valence-corrected chi connectivity index (χ3v) is 5.11. The average molecular weight is 297 g/mol. The van der Waals surface area contributed by atoms with Crippen LogP contribution in [-0.2, 0) is 19.4 Å². The Labute approximate surface area is 119 Å². The van der Waals surface area contributed by atoms with Crippen LogP contribution in [0.4, 0.5) is 0 Å². The molecule has 0 spiro atoms. The number of benzene rings is 1. The Morgan fingerprint density at radius 1 is 1.40 bits per heavy atom. The van der Waals surface area contributed by atoms with Crippen LogP contribution in [0.5, 0.6) is 0 Å². The first-order valence-electron chi connectivity index (χ1n) is 6.64. The first kappa shape index (κ1) is 15.0. The molecule has 2 rings (SSSR count). The van der Waals surface area contributed by atoms with E-state index >= 15 is 0 Å². The van der Waals surface area contributed by atoms with Gasteiger partial charge in [-0.1, -0.05) is 30.3 Å². The van der Waals surface area contributed by atoms with E-state index < -0.39 is 9.84 Å². The molecule has 1 heterocycles. The van der Waals surface area contributed by atoms with Gasteiger partial charge >= 0.3 is 5.97 Å². The third-order valence-electron chi connectivity index (χ3n) is 3.34. The molecule has 1 fully saturated rings. The van der Waals surface area contributed by atoms with Crippen molar-refractivity contribution in [2.75, 3.05) is 18.1 Å². The van der Waals surface area contributed by atoms with E-state index in [0.29, 0.717) is 6.42 Å². The molecule has 0 aliphatic carbocycles. The molecule has 20 heavy (non-hydrogen) atoms. The zero-order chi connectivity index (χ0) is 14.6. The summed E-state index contributed by atoms with van der Waals surface area (Å²) in [5.41, 5.74) is 0.935. The molecule has 0 amide bonds. The van der Waals surface area contributed by atoms with Crippen LogP contribution < -0.4 is 5.32 Å². The highest BCUT2D eigenvalue weighted by molar-refractivity contribution is 7.91. The summed E-state index contributed by atoms with van der Waals surface area (Å²) in [6.07, 6.45) is 0.252. The molecule has 5 nitrogen and oxygen atoms in total. The van der Waals surface area contributed by atoms with E-state index in [-0.39, 0.29) is 36.2 Å². The van der Waals surface area contributed by atoms with E-state index in [1.54, 1.807) is 0 Å². The molecular formula is C14H19NO4S. The molecule has 1 aromatic carbocycles. The van der Waals surface area contributed by atoms with Crippen LogP contribution in [0.2, 0.25) is 0 Å². The number of hydrogen-bond donors (Lipinski definition) is 1. The van der Waals surface area contributed by atoms with Crippen LogP contribution in [0.15, 0.2) is 30.3 Å². The van der Waals surface area contributed by atoms with Crippen molar-refractivity contribution >= 4 is 15.8 Å². The molecule has 1 aromatic rings. The Morgan fingerprint density at radius 3 is 2.70 bits per heavy atom. The van der Waals surface area contributed by atoms with Gasteiger partial charge in [-0.2, -0.15) is 0 Å². The molecule has 6 heteroatoms. The smallest absolute Gasteiger partial charge is 0.320 e. The highest BCUT2D eigenvalue weighted by atomic mass is 32.2. The van der Waals surface area contributed by atoms with Gasteiger partial charge in [-0.15, -0.1) is 0 Å². The second-order valence-corrected chi connectivity index (χ2v) is 7.25. The molecule has 0 radical (unpaired) electrons. The Bertz CT molecular complexity index is 556. The lowest BCUT2D eigenvalue weighted by Gasteiger charge is -2.15. The van der Waals surface area contributed by atoms with Crippen LogP contribution >= 0.6 is 0 Å². The Hall–Kier alpha value is -1.40. The summed E-state index contributed by atoms with van der Waals surface area (Å²) in [6.45, 7) is 1.85. The zero-order valence-corrected chi connectivity index (χ0v) is 12.2. The minimum absolute atomic E-state index is 0.0390. The van der Waals surface area contributed by atoms with E-state index in [1.165, 1.54) is 0 Å².